The lowest BCUT2D eigenvalue weighted by molar-refractivity contribution is -0.138. The van der Waals surface area contributed by atoms with E-state index in [0.717, 1.165) is 44.3 Å². The fraction of sp³-hybridized carbons (Fsp3) is 0.143. The van der Waals surface area contributed by atoms with Crippen molar-refractivity contribution in [2.45, 2.75) is 22.9 Å². The zero-order chi connectivity index (χ0) is 26.8. The lowest BCUT2D eigenvalue weighted by Gasteiger charge is -2.26. The van der Waals surface area contributed by atoms with Crippen LogP contribution in [-0.4, -0.2) is 0 Å². The molecule has 9 heteroatoms. The van der Waals surface area contributed by atoms with E-state index >= 15 is 0 Å². The third-order valence-electron chi connectivity index (χ3n) is 5.66. The van der Waals surface area contributed by atoms with Crippen molar-refractivity contribution < 1.29 is 26.3 Å². The molecule has 2 unspecified atom stereocenters. The van der Waals surface area contributed by atoms with Crippen molar-refractivity contribution in [3.8, 4) is 0 Å². The first-order chi connectivity index (χ1) is 17.4. The van der Waals surface area contributed by atoms with Crippen LogP contribution in [0.2, 0.25) is 0 Å². The van der Waals surface area contributed by atoms with E-state index in [1.54, 1.807) is 0 Å². The largest absolute Gasteiger partial charge is 0.416 e. The molecule has 0 saturated heterocycles. The average molecular weight is 660 g/mol. The van der Waals surface area contributed by atoms with Gasteiger partial charge in [-0.2, -0.15) is 26.3 Å². The van der Waals surface area contributed by atoms with E-state index in [0.29, 0.717) is 11.1 Å². The summed E-state index contributed by atoms with van der Waals surface area (Å²) in [6.45, 7) is 0. The summed E-state index contributed by atoms with van der Waals surface area (Å²) in [5.74, 6) is 0. The fourth-order valence-electron chi connectivity index (χ4n) is 3.87. The lowest BCUT2D eigenvalue weighted by atomic mass is 10.0. The van der Waals surface area contributed by atoms with Gasteiger partial charge in [-0.15, -0.1) is 11.8 Å². The minimum absolute atomic E-state index is 0.411. The van der Waals surface area contributed by atoms with Crippen molar-refractivity contribution in [2.75, 3.05) is 0 Å². The van der Waals surface area contributed by atoms with E-state index in [2.05, 4.69) is 31.9 Å². The van der Waals surface area contributed by atoms with Crippen LogP contribution in [0, 0.1) is 0 Å². The van der Waals surface area contributed by atoms with Gasteiger partial charge < -0.3 is 0 Å². The highest BCUT2D eigenvalue weighted by Gasteiger charge is 2.32. The number of rotatable bonds is 6. The van der Waals surface area contributed by atoms with Crippen LogP contribution < -0.4 is 0 Å². The molecule has 0 fully saturated rings. The average Bonchev–Trinajstić information content (AvgIpc) is 2.84. The van der Waals surface area contributed by atoms with E-state index in [1.807, 2.05) is 48.5 Å². The molecule has 0 nitrogen and oxygen atoms in total. The van der Waals surface area contributed by atoms with Gasteiger partial charge in [-0.3, -0.25) is 0 Å². The SMILES string of the molecule is FC(F)(F)c1ccc(C(SC(c2ccc(C(F)(F)F)cc2)c2cccc(Br)c2)c2cccc(Br)c2)cc1. The summed E-state index contributed by atoms with van der Waals surface area (Å²) in [6, 6.07) is 24.9. The van der Waals surface area contributed by atoms with Crippen LogP contribution in [0.5, 0.6) is 0 Å². The van der Waals surface area contributed by atoms with Gasteiger partial charge in [0.15, 0.2) is 0 Å². The molecule has 0 bridgehead atoms. The molecule has 0 radical (unpaired) electrons. The Bertz CT molecular complexity index is 1240. The Kier molecular flexibility index (Phi) is 8.45. The number of thioether (sulfide) groups is 1. The summed E-state index contributed by atoms with van der Waals surface area (Å²) in [5, 5.41) is -0.822. The molecule has 4 aromatic carbocycles. The lowest BCUT2D eigenvalue weighted by Crippen LogP contribution is -2.08. The normalized spacial score (nSPS) is 13.8. The summed E-state index contributed by atoms with van der Waals surface area (Å²) in [5.41, 5.74) is 1.46. The number of halogens is 8. The maximum absolute atomic E-state index is 13.2. The van der Waals surface area contributed by atoms with Gasteiger partial charge in [0.25, 0.3) is 0 Å². The number of hydrogen-bond acceptors (Lipinski definition) is 1. The maximum Gasteiger partial charge on any atom is 0.416 e. The molecule has 0 N–H and O–H groups in total. The predicted octanol–water partition coefficient (Wildman–Crippen LogP) is 10.9. The second-order valence-electron chi connectivity index (χ2n) is 8.25. The summed E-state index contributed by atoms with van der Waals surface area (Å²) in [4.78, 5) is 0. The Morgan fingerprint density at radius 3 is 1.14 bits per heavy atom. The summed E-state index contributed by atoms with van der Waals surface area (Å²) in [6.07, 6.45) is -8.92. The van der Waals surface area contributed by atoms with Crippen molar-refractivity contribution in [1.82, 2.24) is 0 Å². The van der Waals surface area contributed by atoms with Crippen molar-refractivity contribution in [3.63, 3.8) is 0 Å². The fourth-order valence-corrected chi connectivity index (χ4v) is 6.21. The zero-order valence-corrected chi connectivity index (χ0v) is 22.8. The number of alkyl halides is 6. The van der Waals surface area contributed by atoms with Gasteiger partial charge in [0.2, 0.25) is 0 Å². The number of hydrogen-bond donors (Lipinski definition) is 0. The predicted molar refractivity (Wildman–Crippen MR) is 142 cm³/mol. The first kappa shape index (κ1) is 27.8. The highest BCUT2D eigenvalue weighted by atomic mass is 79.9. The van der Waals surface area contributed by atoms with Crippen LogP contribution in [0.25, 0.3) is 0 Å². The van der Waals surface area contributed by atoms with E-state index < -0.39 is 34.0 Å². The molecule has 0 aliphatic rings. The molecule has 2 atom stereocenters. The Labute approximate surface area is 231 Å². The van der Waals surface area contributed by atoms with Gasteiger partial charge >= 0.3 is 12.4 Å². The van der Waals surface area contributed by atoms with Crippen molar-refractivity contribution in [1.29, 1.82) is 0 Å². The maximum atomic E-state index is 13.2. The Morgan fingerprint density at radius 2 is 0.838 bits per heavy atom. The minimum Gasteiger partial charge on any atom is -0.166 e. The van der Waals surface area contributed by atoms with Crippen molar-refractivity contribution in [3.05, 3.63) is 139 Å². The van der Waals surface area contributed by atoms with Crippen LogP contribution in [0.4, 0.5) is 26.3 Å². The molecule has 0 aliphatic carbocycles. The summed E-state index contributed by atoms with van der Waals surface area (Å²) in [7, 11) is 0. The van der Waals surface area contributed by atoms with Gasteiger partial charge in [-0.05, 0) is 70.8 Å². The van der Waals surface area contributed by atoms with Gasteiger partial charge in [0.05, 0.1) is 21.6 Å². The summed E-state index contributed by atoms with van der Waals surface area (Å²) >= 11 is 8.37. The van der Waals surface area contributed by atoms with E-state index in [-0.39, 0.29) is 0 Å². The van der Waals surface area contributed by atoms with E-state index in [9.17, 15) is 26.3 Å². The Hall–Kier alpha value is -2.23. The first-order valence-corrected chi connectivity index (χ1v) is 13.5. The third-order valence-corrected chi connectivity index (χ3v) is 8.28. The van der Waals surface area contributed by atoms with Gasteiger partial charge in [-0.1, -0.05) is 80.4 Å². The molecule has 0 aliphatic heterocycles. The smallest absolute Gasteiger partial charge is 0.166 e. The second kappa shape index (κ2) is 11.3. The molecule has 0 spiro atoms. The van der Waals surface area contributed by atoms with Crippen LogP contribution >= 0.6 is 43.6 Å². The second-order valence-corrected chi connectivity index (χ2v) is 11.3. The molecular weight excluding hydrogens is 642 g/mol. The monoisotopic (exact) mass is 658 g/mol. The quantitative estimate of drug-likeness (QED) is 0.186. The topological polar surface area (TPSA) is 0 Å². The molecule has 37 heavy (non-hydrogen) atoms. The Morgan fingerprint density at radius 1 is 0.486 bits per heavy atom. The highest BCUT2D eigenvalue weighted by Crippen LogP contribution is 2.49. The first-order valence-electron chi connectivity index (χ1n) is 10.9. The molecular formula is C28H18Br2F6S. The summed E-state index contributed by atoms with van der Waals surface area (Å²) < 4.78 is 80.9. The molecule has 4 aromatic rings. The van der Waals surface area contributed by atoms with Gasteiger partial charge in [0.1, 0.15) is 0 Å². The van der Waals surface area contributed by atoms with Crippen LogP contribution in [-0.2, 0) is 12.4 Å². The molecule has 192 valence electrons. The molecule has 4 rings (SSSR count). The highest BCUT2D eigenvalue weighted by molar-refractivity contribution is 9.10. The minimum atomic E-state index is -4.46. The Balaban J connectivity index is 1.81. The molecule has 0 heterocycles. The van der Waals surface area contributed by atoms with E-state index in [1.165, 1.54) is 36.0 Å². The van der Waals surface area contributed by atoms with Crippen LogP contribution in [0.3, 0.4) is 0 Å². The van der Waals surface area contributed by atoms with Gasteiger partial charge in [0, 0.05) is 8.95 Å². The van der Waals surface area contributed by atoms with Gasteiger partial charge in [-0.25, -0.2) is 0 Å². The van der Waals surface area contributed by atoms with Crippen molar-refractivity contribution >= 4 is 43.6 Å². The van der Waals surface area contributed by atoms with Crippen LogP contribution in [0.1, 0.15) is 43.9 Å². The van der Waals surface area contributed by atoms with Crippen LogP contribution in [0.15, 0.2) is 106 Å². The molecule has 0 amide bonds. The third kappa shape index (κ3) is 7.00. The molecule has 0 aromatic heterocycles. The molecule has 0 saturated carbocycles. The zero-order valence-electron chi connectivity index (χ0n) is 18.8. The van der Waals surface area contributed by atoms with Crippen molar-refractivity contribution in [2.24, 2.45) is 0 Å². The van der Waals surface area contributed by atoms with E-state index in [4.69, 9.17) is 0 Å². The standard InChI is InChI=1S/C28H18Br2F6S/c29-23-5-1-3-19(15-23)25(17-7-11-21(12-8-17)27(31,32)33)37-26(20-4-2-6-24(30)16-20)18-9-13-22(14-10-18)28(34,35)36/h1-16,25-26H. The number of benzene rings is 4.